The van der Waals surface area contributed by atoms with E-state index in [1.807, 2.05) is 17.0 Å². The molecule has 0 atom stereocenters. The van der Waals surface area contributed by atoms with E-state index in [1.54, 1.807) is 32.4 Å². The zero-order valence-corrected chi connectivity index (χ0v) is 16.7. The number of piperazine rings is 1. The molecule has 0 saturated carbocycles. The van der Waals surface area contributed by atoms with Gasteiger partial charge in [-0.3, -0.25) is 0 Å². The third-order valence-corrected chi connectivity index (χ3v) is 5.69. The Bertz CT molecular complexity index is 982. The minimum absolute atomic E-state index is 0.144. The van der Waals surface area contributed by atoms with Gasteiger partial charge in [0.2, 0.25) is 0 Å². The van der Waals surface area contributed by atoms with Crippen molar-refractivity contribution in [1.82, 2.24) is 9.27 Å². The molecule has 3 aromatic rings. The van der Waals surface area contributed by atoms with Crippen molar-refractivity contribution in [1.29, 1.82) is 0 Å². The molecule has 1 aromatic heterocycles. The maximum atomic E-state index is 12.7. The third kappa shape index (κ3) is 3.55. The first-order chi connectivity index (χ1) is 13.7. The topological polar surface area (TPSA) is 66.9 Å². The van der Waals surface area contributed by atoms with Crippen molar-refractivity contribution in [2.75, 3.05) is 50.6 Å². The van der Waals surface area contributed by atoms with Crippen LogP contribution in [0.3, 0.4) is 0 Å². The molecule has 0 unspecified atom stereocenters. The second-order valence-corrected chi connectivity index (χ2v) is 7.28. The van der Waals surface area contributed by atoms with Crippen LogP contribution in [-0.4, -0.2) is 55.7 Å². The van der Waals surface area contributed by atoms with Crippen LogP contribution in [0.2, 0.25) is 0 Å². The van der Waals surface area contributed by atoms with E-state index in [0.717, 1.165) is 18.9 Å². The standard InChI is InChI=1S/C20H22N4O3S/c1-26-14-7-8-17(27-2)16(13-14)21-20(25)24-11-9-23(10-12-24)19-15-5-3-4-6-18(15)28-22-19/h3-8,13H,9-12H2,1-2H3,(H,21,25). The lowest BCUT2D eigenvalue weighted by molar-refractivity contribution is 0.208. The molecular formula is C20H22N4O3S. The third-order valence-electron chi connectivity index (χ3n) is 4.87. The van der Waals surface area contributed by atoms with E-state index in [1.165, 1.54) is 21.6 Å². The van der Waals surface area contributed by atoms with Gasteiger partial charge in [-0.15, -0.1) is 0 Å². The summed E-state index contributed by atoms with van der Waals surface area (Å²) >= 11 is 1.51. The van der Waals surface area contributed by atoms with Crippen molar-refractivity contribution in [3.8, 4) is 11.5 Å². The van der Waals surface area contributed by atoms with Gasteiger partial charge >= 0.3 is 6.03 Å². The summed E-state index contributed by atoms with van der Waals surface area (Å²) < 4.78 is 16.4. The quantitative estimate of drug-likeness (QED) is 0.726. The Balaban J connectivity index is 1.42. The van der Waals surface area contributed by atoms with Crippen LogP contribution in [0.15, 0.2) is 42.5 Å². The fraction of sp³-hybridized carbons (Fsp3) is 0.300. The van der Waals surface area contributed by atoms with Gasteiger partial charge in [0.1, 0.15) is 17.3 Å². The monoisotopic (exact) mass is 398 g/mol. The van der Waals surface area contributed by atoms with E-state index >= 15 is 0 Å². The summed E-state index contributed by atoms with van der Waals surface area (Å²) in [6.07, 6.45) is 0. The SMILES string of the molecule is COc1ccc(OC)c(NC(=O)N2CCN(c3nsc4ccccc34)CC2)c1. The van der Waals surface area contributed by atoms with Gasteiger partial charge in [-0.25, -0.2) is 4.79 Å². The van der Waals surface area contributed by atoms with Crippen molar-refractivity contribution >= 4 is 39.2 Å². The molecular weight excluding hydrogens is 376 g/mol. The van der Waals surface area contributed by atoms with E-state index in [2.05, 4.69) is 26.7 Å². The number of fused-ring (bicyclic) bond motifs is 1. The Morgan fingerprint density at radius 3 is 2.61 bits per heavy atom. The van der Waals surface area contributed by atoms with E-state index < -0.39 is 0 Å². The maximum absolute atomic E-state index is 12.7. The Morgan fingerprint density at radius 2 is 1.86 bits per heavy atom. The first kappa shape index (κ1) is 18.4. The molecule has 1 N–H and O–H groups in total. The van der Waals surface area contributed by atoms with Crippen molar-refractivity contribution in [2.24, 2.45) is 0 Å². The number of hydrogen-bond donors (Lipinski definition) is 1. The number of carbonyl (C=O) groups is 1. The lowest BCUT2D eigenvalue weighted by Gasteiger charge is -2.35. The second kappa shape index (κ2) is 7.93. The summed E-state index contributed by atoms with van der Waals surface area (Å²) in [4.78, 5) is 16.8. The van der Waals surface area contributed by atoms with Crippen LogP contribution in [0.5, 0.6) is 11.5 Å². The van der Waals surface area contributed by atoms with Crippen LogP contribution in [0.4, 0.5) is 16.3 Å². The summed E-state index contributed by atoms with van der Waals surface area (Å²) in [5, 5.41) is 4.11. The Labute approximate surface area is 167 Å². The predicted molar refractivity (Wildman–Crippen MR) is 112 cm³/mol. The van der Waals surface area contributed by atoms with Crippen molar-refractivity contribution in [3.63, 3.8) is 0 Å². The summed E-state index contributed by atoms with van der Waals surface area (Å²) in [7, 11) is 3.17. The van der Waals surface area contributed by atoms with Gasteiger partial charge in [-0.05, 0) is 35.8 Å². The van der Waals surface area contributed by atoms with E-state index in [4.69, 9.17) is 9.47 Å². The Hall–Kier alpha value is -3.00. The average Bonchev–Trinajstić information content (AvgIpc) is 3.18. The van der Waals surface area contributed by atoms with Crippen LogP contribution < -0.4 is 19.7 Å². The molecule has 28 heavy (non-hydrogen) atoms. The maximum Gasteiger partial charge on any atom is 0.322 e. The van der Waals surface area contributed by atoms with Gasteiger partial charge in [0.25, 0.3) is 0 Å². The minimum Gasteiger partial charge on any atom is -0.497 e. The molecule has 2 amide bonds. The first-order valence-corrected chi connectivity index (χ1v) is 9.84. The molecule has 0 bridgehead atoms. The summed E-state index contributed by atoms with van der Waals surface area (Å²) in [5.41, 5.74) is 0.597. The van der Waals surface area contributed by atoms with E-state index in [9.17, 15) is 4.79 Å². The van der Waals surface area contributed by atoms with Crippen LogP contribution in [0.1, 0.15) is 0 Å². The molecule has 2 heterocycles. The summed E-state index contributed by atoms with van der Waals surface area (Å²) in [6, 6.07) is 13.4. The molecule has 7 nitrogen and oxygen atoms in total. The molecule has 1 saturated heterocycles. The van der Waals surface area contributed by atoms with Gasteiger partial charge in [0, 0.05) is 37.6 Å². The predicted octanol–water partition coefficient (Wildman–Crippen LogP) is 3.67. The van der Waals surface area contributed by atoms with Gasteiger partial charge in [0.05, 0.1) is 24.6 Å². The molecule has 1 aliphatic heterocycles. The molecule has 146 valence electrons. The highest BCUT2D eigenvalue weighted by Gasteiger charge is 2.24. The van der Waals surface area contributed by atoms with Gasteiger partial charge in [0.15, 0.2) is 0 Å². The molecule has 2 aromatic carbocycles. The van der Waals surface area contributed by atoms with Crippen LogP contribution in [-0.2, 0) is 0 Å². The largest absolute Gasteiger partial charge is 0.497 e. The highest BCUT2D eigenvalue weighted by Crippen LogP contribution is 2.31. The number of anilines is 2. The average molecular weight is 398 g/mol. The molecule has 0 radical (unpaired) electrons. The second-order valence-electron chi connectivity index (χ2n) is 6.47. The number of amides is 2. The smallest absolute Gasteiger partial charge is 0.322 e. The number of urea groups is 1. The highest BCUT2D eigenvalue weighted by atomic mass is 32.1. The van der Waals surface area contributed by atoms with E-state index in [0.29, 0.717) is 30.3 Å². The fourth-order valence-electron chi connectivity index (χ4n) is 3.33. The number of carbonyl (C=O) groups excluding carboxylic acids is 1. The number of methoxy groups -OCH3 is 2. The molecule has 1 aliphatic rings. The number of benzene rings is 2. The van der Waals surface area contributed by atoms with E-state index in [-0.39, 0.29) is 6.03 Å². The molecule has 8 heteroatoms. The molecule has 0 aliphatic carbocycles. The number of aromatic nitrogens is 1. The lowest BCUT2D eigenvalue weighted by Crippen LogP contribution is -2.50. The van der Waals surface area contributed by atoms with Crippen molar-refractivity contribution in [3.05, 3.63) is 42.5 Å². The number of ether oxygens (including phenoxy) is 2. The van der Waals surface area contributed by atoms with Gasteiger partial charge in [-0.1, -0.05) is 12.1 Å². The molecule has 1 fully saturated rings. The minimum atomic E-state index is -0.144. The van der Waals surface area contributed by atoms with Gasteiger partial charge in [-0.2, -0.15) is 4.37 Å². The normalized spacial score (nSPS) is 14.2. The highest BCUT2D eigenvalue weighted by molar-refractivity contribution is 7.13. The summed E-state index contributed by atoms with van der Waals surface area (Å²) in [5.74, 6) is 2.27. The first-order valence-electron chi connectivity index (χ1n) is 9.07. The molecule has 0 spiro atoms. The number of nitrogens with zero attached hydrogens (tertiary/aromatic N) is 3. The Morgan fingerprint density at radius 1 is 1.07 bits per heavy atom. The van der Waals surface area contributed by atoms with Crippen molar-refractivity contribution in [2.45, 2.75) is 0 Å². The zero-order valence-electron chi connectivity index (χ0n) is 15.8. The van der Waals surface area contributed by atoms with Crippen molar-refractivity contribution < 1.29 is 14.3 Å². The molecule has 4 rings (SSSR count). The lowest BCUT2D eigenvalue weighted by atomic mass is 10.2. The van der Waals surface area contributed by atoms with Gasteiger partial charge < -0.3 is 24.6 Å². The van der Waals surface area contributed by atoms with Crippen LogP contribution in [0.25, 0.3) is 10.1 Å². The number of hydrogen-bond acceptors (Lipinski definition) is 6. The number of rotatable bonds is 4. The van der Waals surface area contributed by atoms with Crippen LogP contribution >= 0.6 is 11.5 Å². The number of nitrogens with one attached hydrogen (secondary N) is 1. The Kier molecular flexibility index (Phi) is 5.21. The fourth-order valence-corrected chi connectivity index (χ4v) is 4.12. The van der Waals surface area contributed by atoms with Crippen LogP contribution in [0, 0.1) is 0 Å². The summed E-state index contributed by atoms with van der Waals surface area (Å²) in [6.45, 7) is 2.75. The zero-order chi connectivity index (χ0) is 19.5.